The molecule has 3 N–H and O–H groups in total. The van der Waals surface area contributed by atoms with E-state index in [0.29, 0.717) is 6.54 Å². The molecular formula is C12H16ClFN2O2S. The second-order valence-corrected chi connectivity index (χ2v) is 6.82. The van der Waals surface area contributed by atoms with Gasteiger partial charge < -0.3 is 5.73 Å². The fourth-order valence-corrected chi connectivity index (χ4v) is 4.30. The Bertz CT molecular complexity index is 565. The molecule has 1 fully saturated rings. The molecule has 0 saturated heterocycles. The van der Waals surface area contributed by atoms with E-state index < -0.39 is 15.8 Å². The van der Waals surface area contributed by atoms with Crippen LogP contribution in [0.25, 0.3) is 0 Å². The fourth-order valence-electron chi connectivity index (χ4n) is 2.43. The summed E-state index contributed by atoms with van der Waals surface area (Å²) in [6, 6.07) is 3.07. The molecule has 0 unspecified atom stereocenters. The third-order valence-corrected chi connectivity index (χ3v) is 5.42. The zero-order chi connectivity index (χ0) is 14.0. The molecule has 19 heavy (non-hydrogen) atoms. The molecule has 0 amide bonds. The zero-order valence-electron chi connectivity index (χ0n) is 10.3. The summed E-state index contributed by atoms with van der Waals surface area (Å²) in [4.78, 5) is -0.0989. The van der Waals surface area contributed by atoms with Crippen molar-refractivity contribution in [2.45, 2.75) is 30.2 Å². The molecule has 1 aliphatic rings. The van der Waals surface area contributed by atoms with Crippen molar-refractivity contribution in [2.75, 3.05) is 6.54 Å². The summed E-state index contributed by atoms with van der Waals surface area (Å²) in [7, 11) is -3.74. The van der Waals surface area contributed by atoms with Crippen LogP contribution >= 0.6 is 11.6 Å². The molecule has 4 nitrogen and oxygen atoms in total. The van der Waals surface area contributed by atoms with Crippen LogP contribution < -0.4 is 10.5 Å². The molecule has 106 valence electrons. The maximum absolute atomic E-state index is 12.9. The first-order valence-electron chi connectivity index (χ1n) is 6.11. The predicted molar refractivity (Wildman–Crippen MR) is 71.9 cm³/mol. The average Bonchev–Trinajstić information content (AvgIpc) is 2.74. The highest BCUT2D eigenvalue weighted by molar-refractivity contribution is 7.89. The van der Waals surface area contributed by atoms with Crippen molar-refractivity contribution < 1.29 is 12.8 Å². The van der Waals surface area contributed by atoms with Crippen molar-refractivity contribution >= 4 is 21.6 Å². The van der Waals surface area contributed by atoms with Crippen molar-refractivity contribution in [2.24, 2.45) is 11.7 Å². The molecule has 0 radical (unpaired) electrons. The number of hydrogen-bond acceptors (Lipinski definition) is 3. The molecule has 0 aromatic heterocycles. The Morgan fingerprint density at radius 3 is 2.79 bits per heavy atom. The fraction of sp³-hybridized carbons (Fsp3) is 0.500. The summed E-state index contributed by atoms with van der Waals surface area (Å²) in [5, 5.41) is -0.116. The highest BCUT2D eigenvalue weighted by atomic mass is 35.5. The Kier molecular flexibility index (Phi) is 4.45. The number of nitrogens with one attached hydrogen (secondary N) is 1. The SMILES string of the molecule is NC[C@@H]1CCC[C@H]1NS(=O)(=O)c1ccc(F)cc1Cl. The van der Waals surface area contributed by atoms with E-state index in [1.54, 1.807) is 0 Å². The number of halogens is 2. The Morgan fingerprint density at radius 2 is 2.16 bits per heavy atom. The van der Waals surface area contributed by atoms with Crippen LogP contribution in [-0.2, 0) is 10.0 Å². The normalized spacial score (nSPS) is 23.7. The lowest BCUT2D eigenvalue weighted by molar-refractivity contribution is 0.453. The minimum absolute atomic E-state index is 0.0989. The molecule has 1 aromatic carbocycles. The number of benzene rings is 1. The predicted octanol–water partition coefficient (Wildman–Crippen LogP) is 1.88. The average molecular weight is 307 g/mol. The molecular weight excluding hydrogens is 291 g/mol. The molecule has 1 aliphatic carbocycles. The van der Waals surface area contributed by atoms with Gasteiger partial charge in [0, 0.05) is 6.04 Å². The van der Waals surface area contributed by atoms with Crippen LogP contribution in [0, 0.1) is 11.7 Å². The third-order valence-electron chi connectivity index (χ3n) is 3.45. The Balaban J connectivity index is 2.23. The summed E-state index contributed by atoms with van der Waals surface area (Å²) < 4.78 is 40.0. The molecule has 2 atom stereocenters. The largest absolute Gasteiger partial charge is 0.330 e. The molecule has 0 heterocycles. The van der Waals surface area contributed by atoms with Gasteiger partial charge in [0.05, 0.1) is 5.02 Å². The first kappa shape index (κ1) is 14.7. The van der Waals surface area contributed by atoms with Crippen LogP contribution in [0.4, 0.5) is 4.39 Å². The summed E-state index contributed by atoms with van der Waals surface area (Å²) in [6.45, 7) is 0.449. The number of hydrogen-bond donors (Lipinski definition) is 2. The lowest BCUT2D eigenvalue weighted by Crippen LogP contribution is -2.39. The van der Waals surface area contributed by atoms with Crippen LogP contribution in [0.1, 0.15) is 19.3 Å². The Labute approximate surface area is 117 Å². The van der Waals surface area contributed by atoms with E-state index in [1.807, 2.05) is 0 Å². The number of nitrogens with two attached hydrogens (primary N) is 1. The maximum atomic E-state index is 12.9. The minimum Gasteiger partial charge on any atom is -0.330 e. The minimum atomic E-state index is -3.74. The van der Waals surface area contributed by atoms with Gasteiger partial charge in [-0.25, -0.2) is 17.5 Å². The van der Waals surface area contributed by atoms with Crippen LogP contribution in [-0.4, -0.2) is 21.0 Å². The zero-order valence-corrected chi connectivity index (χ0v) is 11.8. The summed E-state index contributed by atoms with van der Waals surface area (Å²) in [5.74, 6) is -0.418. The Hall–Kier alpha value is -0.690. The molecule has 0 spiro atoms. The maximum Gasteiger partial charge on any atom is 0.242 e. The first-order chi connectivity index (χ1) is 8.94. The lowest BCUT2D eigenvalue weighted by atomic mass is 10.1. The van der Waals surface area contributed by atoms with E-state index in [0.717, 1.165) is 31.4 Å². The van der Waals surface area contributed by atoms with E-state index in [9.17, 15) is 12.8 Å². The summed E-state index contributed by atoms with van der Waals surface area (Å²) >= 11 is 5.79. The summed E-state index contributed by atoms with van der Waals surface area (Å²) in [6.07, 6.45) is 2.63. The van der Waals surface area contributed by atoms with Crippen LogP contribution in [0.2, 0.25) is 5.02 Å². The van der Waals surface area contributed by atoms with E-state index in [4.69, 9.17) is 17.3 Å². The third kappa shape index (κ3) is 3.25. The molecule has 7 heteroatoms. The van der Waals surface area contributed by atoms with E-state index in [-0.39, 0.29) is 21.9 Å². The lowest BCUT2D eigenvalue weighted by Gasteiger charge is -2.19. The van der Waals surface area contributed by atoms with Crippen molar-refractivity contribution in [1.82, 2.24) is 4.72 Å². The van der Waals surface area contributed by atoms with Crippen LogP contribution in [0.3, 0.4) is 0 Å². The van der Waals surface area contributed by atoms with Gasteiger partial charge >= 0.3 is 0 Å². The number of rotatable bonds is 4. The van der Waals surface area contributed by atoms with Gasteiger partial charge in [-0.1, -0.05) is 18.0 Å². The van der Waals surface area contributed by atoms with Crippen molar-refractivity contribution in [3.63, 3.8) is 0 Å². The topological polar surface area (TPSA) is 72.2 Å². The second-order valence-electron chi connectivity index (χ2n) is 4.73. The van der Waals surface area contributed by atoms with Gasteiger partial charge in [-0.3, -0.25) is 0 Å². The van der Waals surface area contributed by atoms with Crippen molar-refractivity contribution in [3.8, 4) is 0 Å². The molecule has 2 rings (SSSR count). The number of sulfonamides is 1. The molecule has 0 aliphatic heterocycles. The van der Waals surface area contributed by atoms with E-state index >= 15 is 0 Å². The quantitative estimate of drug-likeness (QED) is 0.892. The van der Waals surface area contributed by atoms with Crippen molar-refractivity contribution in [1.29, 1.82) is 0 Å². The summed E-state index contributed by atoms with van der Waals surface area (Å²) in [5.41, 5.74) is 5.62. The van der Waals surface area contributed by atoms with Gasteiger partial charge in [0.1, 0.15) is 10.7 Å². The second kappa shape index (κ2) is 5.75. The van der Waals surface area contributed by atoms with Gasteiger partial charge in [0.25, 0.3) is 0 Å². The molecule has 1 aromatic rings. The smallest absolute Gasteiger partial charge is 0.242 e. The van der Waals surface area contributed by atoms with Crippen LogP contribution in [0.15, 0.2) is 23.1 Å². The van der Waals surface area contributed by atoms with Crippen molar-refractivity contribution in [3.05, 3.63) is 29.0 Å². The standard InChI is InChI=1S/C12H16ClFN2O2S/c13-10-6-9(14)4-5-12(10)19(17,18)16-11-3-1-2-8(11)7-15/h4-6,8,11,16H,1-3,7,15H2/t8-,11+/m0/s1. The van der Waals surface area contributed by atoms with Gasteiger partial charge in [-0.15, -0.1) is 0 Å². The highest BCUT2D eigenvalue weighted by Gasteiger charge is 2.31. The highest BCUT2D eigenvalue weighted by Crippen LogP contribution is 2.28. The van der Waals surface area contributed by atoms with Gasteiger partial charge in [0.15, 0.2) is 0 Å². The molecule has 0 bridgehead atoms. The van der Waals surface area contributed by atoms with Gasteiger partial charge in [-0.2, -0.15) is 0 Å². The molecule has 1 saturated carbocycles. The van der Waals surface area contributed by atoms with E-state index in [1.165, 1.54) is 6.07 Å². The van der Waals surface area contributed by atoms with Crippen LogP contribution in [0.5, 0.6) is 0 Å². The van der Waals surface area contributed by atoms with E-state index in [2.05, 4.69) is 4.72 Å². The van der Waals surface area contributed by atoms with Gasteiger partial charge in [-0.05, 0) is 43.5 Å². The Morgan fingerprint density at radius 1 is 1.42 bits per heavy atom. The monoisotopic (exact) mass is 306 g/mol. The van der Waals surface area contributed by atoms with Gasteiger partial charge in [0.2, 0.25) is 10.0 Å². The first-order valence-corrected chi connectivity index (χ1v) is 7.97.